The van der Waals surface area contributed by atoms with Crippen molar-refractivity contribution in [2.45, 2.75) is 26.9 Å². The van der Waals surface area contributed by atoms with Crippen molar-refractivity contribution in [3.05, 3.63) is 82.9 Å². The summed E-state index contributed by atoms with van der Waals surface area (Å²) in [6, 6.07) is 20.8. The number of hydrogen-bond acceptors (Lipinski definition) is 4. The van der Waals surface area contributed by atoms with Crippen LogP contribution in [0.25, 0.3) is 22.1 Å². The number of nitrogens with zero attached hydrogens (tertiary/aromatic N) is 6. The SMILES string of the molecule is Cc1ccc2nnn(Cc3ccccc3Cn3nnc4ccc(C)cc43)c2c1. The van der Waals surface area contributed by atoms with Crippen LogP contribution in [0.1, 0.15) is 22.3 Å². The average molecular weight is 368 g/mol. The fourth-order valence-corrected chi connectivity index (χ4v) is 3.57. The second-order valence-corrected chi connectivity index (χ2v) is 7.25. The molecule has 138 valence electrons. The Bertz CT molecular complexity index is 1200. The highest BCUT2D eigenvalue weighted by atomic mass is 15.4. The third-order valence-corrected chi connectivity index (χ3v) is 5.10. The molecule has 6 nitrogen and oxygen atoms in total. The summed E-state index contributed by atoms with van der Waals surface area (Å²) in [5.41, 5.74) is 8.75. The lowest BCUT2D eigenvalue weighted by Gasteiger charge is -2.11. The van der Waals surface area contributed by atoms with Gasteiger partial charge in [-0.1, -0.05) is 46.8 Å². The lowest BCUT2D eigenvalue weighted by atomic mass is 10.1. The number of rotatable bonds is 4. The van der Waals surface area contributed by atoms with E-state index in [4.69, 9.17) is 0 Å². The van der Waals surface area contributed by atoms with E-state index in [1.807, 2.05) is 21.5 Å². The fraction of sp³-hybridized carbons (Fsp3) is 0.182. The Morgan fingerprint density at radius 3 is 1.57 bits per heavy atom. The Morgan fingerprint density at radius 2 is 1.11 bits per heavy atom. The second-order valence-electron chi connectivity index (χ2n) is 7.25. The van der Waals surface area contributed by atoms with E-state index in [-0.39, 0.29) is 0 Å². The van der Waals surface area contributed by atoms with Crippen molar-refractivity contribution in [1.29, 1.82) is 0 Å². The molecule has 3 aromatic carbocycles. The summed E-state index contributed by atoms with van der Waals surface area (Å²) in [7, 11) is 0. The van der Waals surface area contributed by atoms with Gasteiger partial charge in [0, 0.05) is 0 Å². The number of aryl methyl sites for hydroxylation is 2. The van der Waals surface area contributed by atoms with Gasteiger partial charge in [0.2, 0.25) is 0 Å². The van der Waals surface area contributed by atoms with E-state index in [2.05, 4.69) is 83.0 Å². The minimum absolute atomic E-state index is 0.668. The number of fused-ring (bicyclic) bond motifs is 2. The van der Waals surface area contributed by atoms with Gasteiger partial charge in [-0.15, -0.1) is 10.2 Å². The van der Waals surface area contributed by atoms with Gasteiger partial charge in [0.05, 0.1) is 24.1 Å². The first-order chi connectivity index (χ1) is 13.7. The number of aromatic nitrogens is 6. The first-order valence-corrected chi connectivity index (χ1v) is 9.34. The first-order valence-electron chi connectivity index (χ1n) is 9.34. The zero-order valence-electron chi connectivity index (χ0n) is 15.9. The molecule has 0 aliphatic rings. The van der Waals surface area contributed by atoms with Crippen LogP contribution in [0.3, 0.4) is 0 Å². The first kappa shape index (κ1) is 16.6. The molecule has 0 fully saturated rings. The Kier molecular flexibility index (Phi) is 3.90. The molecule has 0 aliphatic heterocycles. The van der Waals surface area contributed by atoms with E-state index in [0.717, 1.165) is 22.1 Å². The van der Waals surface area contributed by atoms with Crippen LogP contribution in [0.5, 0.6) is 0 Å². The van der Waals surface area contributed by atoms with Crippen molar-refractivity contribution >= 4 is 22.1 Å². The minimum atomic E-state index is 0.668. The van der Waals surface area contributed by atoms with Gasteiger partial charge in [-0.25, -0.2) is 9.36 Å². The van der Waals surface area contributed by atoms with E-state index < -0.39 is 0 Å². The van der Waals surface area contributed by atoms with Crippen molar-refractivity contribution in [1.82, 2.24) is 30.0 Å². The van der Waals surface area contributed by atoms with Crippen LogP contribution >= 0.6 is 0 Å². The van der Waals surface area contributed by atoms with Crippen molar-refractivity contribution in [3.8, 4) is 0 Å². The summed E-state index contributed by atoms with van der Waals surface area (Å²) in [6.07, 6.45) is 0. The molecule has 28 heavy (non-hydrogen) atoms. The quantitative estimate of drug-likeness (QED) is 0.483. The molecule has 0 N–H and O–H groups in total. The number of benzene rings is 3. The molecular weight excluding hydrogens is 348 g/mol. The topological polar surface area (TPSA) is 61.4 Å². The monoisotopic (exact) mass is 368 g/mol. The maximum absolute atomic E-state index is 4.36. The summed E-state index contributed by atoms with van der Waals surface area (Å²) in [4.78, 5) is 0. The van der Waals surface area contributed by atoms with Gasteiger partial charge in [0.25, 0.3) is 0 Å². The molecule has 0 saturated heterocycles. The van der Waals surface area contributed by atoms with Gasteiger partial charge in [0.1, 0.15) is 11.0 Å². The maximum atomic E-state index is 4.36. The Hall–Kier alpha value is -3.54. The Morgan fingerprint density at radius 1 is 0.643 bits per heavy atom. The summed E-state index contributed by atoms with van der Waals surface area (Å²) in [5, 5.41) is 17.3. The van der Waals surface area contributed by atoms with Crippen LogP contribution in [0, 0.1) is 13.8 Å². The van der Waals surface area contributed by atoms with Crippen LogP contribution in [0.4, 0.5) is 0 Å². The molecule has 0 aliphatic carbocycles. The Labute approximate surface area is 162 Å². The van der Waals surface area contributed by atoms with E-state index >= 15 is 0 Å². The zero-order valence-corrected chi connectivity index (χ0v) is 15.9. The van der Waals surface area contributed by atoms with E-state index in [1.165, 1.54) is 22.3 Å². The number of hydrogen-bond donors (Lipinski definition) is 0. The smallest absolute Gasteiger partial charge is 0.113 e. The van der Waals surface area contributed by atoms with E-state index in [0.29, 0.717) is 13.1 Å². The second kappa shape index (κ2) is 6.56. The van der Waals surface area contributed by atoms with Crippen molar-refractivity contribution < 1.29 is 0 Å². The largest absolute Gasteiger partial charge is 0.240 e. The van der Waals surface area contributed by atoms with Crippen molar-refractivity contribution in [2.24, 2.45) is 0 Å². The third-order valence-electron chi connectivity index (χ3n) is 5.10. The Balaban J connectivity index is 1.52. The van der Waals surface area contributed by atoms with E-state index in [9.17, 15) is 0 Å². The molecule has 0 spiro atoms. The van der Waals surface area contributed by atoms with Gasteiger partial charge >= 0.3 is 0 Å². The molecular formula is C22H20N6. The molecule has 0 saturated carbocycles. The summed E-state index contributed by atoms with van der Waals surface area (Å²) >= 11 is 0. The standard InChI is InChI=1S/C22H20N6/c1-15-7-9-19-21(11-15)27(25-23-19)13-17-5-3-4-6-18(17)14-28-22-12-16(2)8-10-20(22)24-26-28/h3-12H,13-14H2,1-2H3. The molecule has 0 atom stereocenters. The molecule has 0 bridgehead atoms. The van der Waals surface area contributed by atoms with Crippen LogP contribution in [-0.4, -0.2) is 30.0 Å². The third kappa shape index (κ3) is 2.93. The average Bonchev–Trinajstić information content (AvgIpc) is 3.27. The highest BCUT2D eigenvalue weighted by Crippen LogP contribution is 2.19. The van der Waals surface area contributed by atoms with Crippen molar-refractivity contribution in [3.63, 3.8) is 0 Å². The summed E-state index contributed by atoms with van der Waals surface area (Å²) in [6.45, 7) is 5.51. The van der Waals surface area contributed by atoms with Gasteiger partial charge in [-0.3, -0.25) is 0 Å². The predicted octanol–water partition coefficient (Wildman–Crippen LogP) is 3.89. The lowest BCUT2D eigenvalue weighted by Crippen LogP contribution is -2.09. The van der Waals surface area contributed by atoms with Crippen LogP contribution in [-0.2, 0) is 13.1 Å². The lowest BCUT2D eigenvalue weighted by molar-refractivity contribution is 0.640. The molecule has 6 heteroatoms. The highest BCUT2D eigenvalue weighted by Gasteiger charge is 2.11. The van der Waals surface area contributed by atoms with Gasteiger partial charge in [0.15, 0.2) is 0 Å². The minimum Gasteiger partial charge on any atom is -0.240 e. The molecule has 2 aromatic heterocycles. The predicted molar refractivity (Wildman–Crippen MR) is 109 cm³/mol. The normalized spacial score (nSPS) is 11.5. The molecule has 0 amide bonds. The highest BCUT2D eigenvalue weighted by molar-refractivity contribution is 5.75. The van der Waals surface area contributed by atoms with Gasteiger partial charge < -0.3 is 0 Å². The maximum Gasteiger partial charge on any atom is 0.113 e. The fourth-order valence-electron chi connectivity index (χ4n) is 3.57. The van der Waals surface area contributed by atoms with Crippen LogP contribution in [0.2, 0.25) is 0 Å². The van der Waals surface area contributed by atoms with Gasteiger partial charge in [-0.05, 0) is 60.4 Å². The molecule has 5 rings (SSSR count). The molecule has 5 aromatic rings. The van der Waals surface area contributed by atoms with Crippen LogP contribution in [0.15, 0.2) is 60.7 Å². The zero-order chi connectivity index (χ0) is 19.1. The van der Waals surface area contributed by atoms with Crippen LogP contribution < -0.4 is 0 Å². The molecule has 0 unspecified atom stereocenters. The van der Waals surface area contributed by atoms with E-state index in [1.54, 1.807) is 0 Å². The van der Waals surface area contributed by atoms with Crippen molar-refractivity contribution in [2.75, 3.05) is 0 Å². The van der Waals surface area contributed by atoms with Gasteiger partial charge in [-0.2, -0.15) is 0 Å². The summed E-state index contributed by atoms with van der Waals surface area (Å²) in [5.74, 6) is 0. The molecule has 2 heterocycles. The summed E-state index contributed by atoms with van der Waals surface area (Å²) < 4.78 is 3.93. The molecule has 0 radical (unpaired) electrons.